The summed E-state index contributed by atoms with van der Waals surface area (Å²) < 4.78 is 11.6. The highest BCUT2D eigenvalue weighted by Gasteiger charge is 2.03. The van der Waals surface area contributed by atoms with E-state index in [9.17, 15) is 4.21 Å². The second-order valence-corrected chi connectivity index (χ2v) is 4.94. The van der Waals surface area contributed by atoms with Crippen LogP contribution in [0.4, 0.5) is 0 Å². The van der Waals surface area contributed by atoms with Gasteiger partial charge in [0.05, 0.1) is 5.75 Å². The highest BCUT2D eigenvalue weighted by molar-refractivity contribution is 7.84. The van der Waals surface area contributed by atoms with E-state index in [1.165, 1.54) is 0 Å². The molecule has 0 saturated carbocycles. The molecule has 2 N–H and O–H groups in total. The van der Waals surface area contributed by atoms with Gasteiger partial charge >= 0.3 is 0 Å². The molecule has 0 spiro atoms. The topological polar surface area (TPSA) is 66.9 Å². The summed E-state index contributed by atoms with van der Waals surface area (Å²) in [4.78, 5) is 8.03. The maximum absolute atomic E-state index is 11.6. The molecular formula is C9H14N4OS2. The van der Waals surface area contributed by atoms with Gasteiger partial charge in [0, 0.05) is 42.5 Å². The second-order valence-electron chi connectivity index (χ2n) is 2.96. The molecule has 0 amide bonds. The van der Waals surface area contributed by atoms with Gasteiger partial charge in [0.1, 0.15) is 5.82 Å². The Labute approximate surface area is 103 Å². The smallest absolute Gasteiger partial charge is 0.166 e. The van der Waals surface area contributed by atoms with Crippen molar-refractivity contribution < 1.29 is 4.21 Å². The van der Waals surface area contributed by atoms with Gasteiger partial charge in [0.15, 0.2) is 5.11 Å². The van der Waals surface area contributed by atoms with Crippen molar-refractivity contribution in [2.45, 2.75) is 5.75 Å². The number of nitrogens with zero attached hydrogens (tertiary/aromatic N) is 2. The molecule has 0 aliphatic heterocycles. The van der Waals surface area contributed by atoms with E-state index in [1.807, 2.05) is 0 Å². The minimum atomic E-state index is -0.964. The van der Waals surface area contributed by atoms with Crippen molar-refractivity contribution in [3.63, 3.8) is 0 Å². The molecule has 1 heterocycles. The quantitative estimate of drug-likeness (QED) is 0.714. The molecule has 1 unspecified atom stereocenters. The first-order chi connectivity index (χ1) is 7.72. The van der Waals surface area contributed by atoms with Crippen molar-refractivity contribution in [2.75, 3.05) is 19.3 Å². The maximum Gasteiger partial charge on any atom is 0.166 e. The van der Waals surface area contributed by atoms with Crippen LogP contribution in [0.5, 0.6) is 0 Å². The fourth-order valence-electron chi connectivity index (χ4n) is 0.987. The van der Waals surface area contributed by atoms with E-state index in [2.05, 4.69) is 20.6 Å². The molecule has 0 aliphatic rings. The average molecular weight is 258 g/mol. The molecule has 0 bridgehead atoms. The van der Waals surface area contributed by atoms with Gasteiger partial charge in [-0.1, -0.05) is 0 Å². The van der Waals surface area contributed by atoms with Gasteiger partial charge in [-0.3, -0.25) is 4.21 Å². The molecule has 7 heteroatoms. The van der Waals surface area contributed by atoms with Crippen LogP contribution in [0.2, 0.25) is 0 Å². The van der Waals surface area contributed by atoms with E-state index in [4.69, 9.17) is 12.2 Å². The van der Waals surface area contributed by atoms with Crippen LogP contribution in [-0.2, 0) is 16.6 Å². The summed E-state index contributed by atoms with van der Waals surface area (Å²) in [5.41, 5.74) is 0. The number of hydrogen-bond acceptors (Lipinski definition) is 4. The fourth-order valence-corrected chi connectivity index (χ4v) is 2.00. The van der Waals surface area contributed by atoms with Crippen molar-refractivity contribution in [3.8, 4) is 0 Å². The zero-order chi connectivity index (χ0) is 11.8. The Morgan fingerprint density at radius 1 is 1.50 bits per heavy atom. The van der Waals surface area contributed by atoms with Crippen LogP contribution in [0.1, 0.15) is 5.82 Å². The molecular weight excluding hydrogens is 244 g/mol. The molecule has 1 atom stereocenters. The van der Waals surface area contributed by atoms with Crippen molar-refractivity contribution >= 4 is 28.1 Å². The fraction of sp³-hybridized carbons (Fsp3) is 0.444. The van der Waals surface area contributed by atoms with Crippen LogP contribution >= 0.6 is 12.2 Å². The number of thiocarbonyl (C=S) groups is 1. The normalized spacial score (nSPS) is 11.8. The van der Waals surface area contributed by atoms with E-state index < -0.39 is 10.8 Å². The number of aromatic nitrogens is 2. The first kappa shape index (κ1) is 13.0. The second kappa shape index (κ2) is 7.24. The van der Waals surface area contributed by atoms with Crippen LogP contribution in [0.3, 0.4) is 0 Å². The molecule has 1 aromatic heterocycles. The summed E-state index contributed by atoms with van der Waals surface area (Å²) in [5.74, 6) is 1.52. The summed E-state index contributed by atoms with van der Waals surface area (Å²) in [6.45, 7) is 0.582. The van der Waals surface area contributed by atoms with Crippen LogP contribution in [0.25, 0.3) is 0 Å². The van der Waals surface area contributed by atoms with Crippen molar-refractivity contribution in [3.05, 3.63) is 24.3 Å². The third-order valence-corrected chi connectivity index (χ3v) is 3.34. The molecule has 1 aromatic rings. The predicted molar refractivity (Wildman–Crippen MR) is 68.4 cm³/mol. The molecule has 0 aromatic carbocycles. The van der Waals surface area contributed by atoms with Gasteiger partial charge in [-0.05, 0) is 18.3 Å². The summed E-state index contributed by atoms with van der Waals surface area (Å²) in [6, 6.07) is 1.74. The Balaban J connectivity index is 2.24. The molecule has 0 radical (unpaired) electrons. The first-order valence-corrected chi connectivity index (χ1v) is 6.68. The lowest BCUT2D eigenvalue weighted by Gasteiger charge is -2.06. The van der Waals surface area contributed by atoms with Gasteiger partial charge in [-0.15, -0.1) is 0 Å². The third kappa shape index (κ3) is 5.13. The lowest BCUT2D eigenvalue weighted by Crippen LogP contribution is -2.35. The first-order valence-electron chi connectivity index (χ1n) is 4.79. The molecule has 16 heavy (non-hydrogen) atoms. The highest BCUT2D eigenvalue weighted by atomic mass is 32.2. The Morgan fingerprint density at radius 3 is 2.81 bits per heavy atom. The lowest BCUT2D eigenvalue weighted by molar-refractivity contribution is 0.679. The van der Waals surface area contributed by atoms with Gasteiger partial charge in [-0.2, -0.15) is 0 Å². The summed E-state index contributed by atoms with van der Waals surface area (Å²) in [6.07, 6.45) is 3.29. The van der Waals surface area contributed by atoms with Crippen LogP contribution < -0.4 is 10.6 Å². The van der Waals surface area contributed by atoms with E-state index in [0.29, 0.717) is 29.0 Å². The Hall–Kier alpha value is -1.08. The number of nitrogens with one attached hydrogen (secondary N) is 2. The summed E-state index contributed by atoms with van der Waals surface area (Å²) >= 11 is 4.89. The van der Waals surface area contributed by atoms with E-state index >= 15 is 0 Å². The molecule has 1 rings (SSSR count). The minimum Gasteiger partial charge on any atom is -0.366 e. The van der Waals surface area contributed by atoms with Crippen LogP contribution in [0, 0.1) is 0 Å². The molecule has 0 fully saturated rings. The Morgan fingerprint density at radius 2 is 2.19 bits per heavy atom. The van der Waals surface area contributed by atoms with E-state index in [1.54, 1.807) is 25.5 Å². The van der Waals surface area contributed by atoms with Crippen molar-refractivity contribution in [1.29, 1.82) is 0 Å². The molecule has 88 valence electrons. The Bertz CT molecular complexity index is 358. The minimum absolute atomic E-state index is 0.384. The molecule has 0 saturated heterocycles. The van der Waals surface area contributed by atoms with E-state index in [-0.39, 0.29) is 0 Å². The monoisotopic (exact) mass is 258 g/mol. The molecule has 5 nitrogen and oxygen atoms in total. The largest absolute Gasteiger partial charge is 0.366 e. The summed E-state index contributed by atoms with van der Waals surface area (Å²) in [7, 11) is 0.776. The molecule has 0 aliphatic carbocycles. The zero-order valence-electron chi connectivity index (χ0n) is 8.97. The third-order valence-electron chi connectivity index (χ3n) is 1.75. The summed E-state index contributed by atoms with van der Waals surface area (Å²) in [5, 5.41) is 6.28. The number of hydrogen-bond donors (Lipinski definition) is 2. The van der Waals surface area contributed by atoms with Gasteiger partial charge in [-0.25, -0.2) is 9.97 Å². The maximum atomic E-state index is 11.6. The average Bonchev–Trinajstić information content (AvgIpc) is 2.30. The van der Waals surface area contributed by atoms with Crippen molar-refractivity contribution in [2.24, 2.45) is 0 Å². The van der Waals surface area contributed by atoms with Crippen LogP contribution in [0.15, 0.2) is 18.5 Å². The SMILES string of the molecule is CNC(=S)NCCS(=O)Cc1ncccn1. The van der Waals surface area contributed by atoms with Gasteiger partial charge in [0.2, 0.25) is 0 Å². The van der Waals surface area contributed by atoms with Crippen molar-refractivity contribution in [1.82, 2.24) is 20.6 Å². The van der Waals surface area contributed by atoms with Crippen LogP contribution in [-0.4, -0.2) is 38.6 Å². The Kier molecular flexibility index (Phi) is 5.87. The highest BCUT2D eigenvalue weighted by Crippen LogP contribution is 1.94. The number of rotatable bonds is 5. The zero-order valence-corrected chi connectivity index (χ0v) is 10.6. The van der Waals surface area contributed by atoms with Gasteiger partial charge in [0.25, 0.3) is 0 Å². The standard InChI is InChI=1S/C9H14N4OS2/c1-10-9(15)13-5-6-16(14)7-8-11-3-2-4-12-8/h2-4H,5-7H2,1H3,(H2,10,13,15). The van der Waals surface area contributed by atoms with E-state index in [0.717, 1.165) is 0 Å². The predicted octanol–water partition coefficient (Wildman–Crippen LogP) is -0.181. The lowest BCUT2D eigenvalue weighted by atomic mass is 10.6. The van der Waals surface area contributed by atoms with Gasteiger partial charge < -0.3 is 10.6 Å².